The van der Waals surface area contributed by atoms with Gasteiger partial charge in [0.2, 0.25) is 5.82 Å². The molecule has 6 heteroatoms. The molecule has 1 rings (SSSR count). The van der Waals surface area contributed by atoms with E-state index in [-0.39, 0.29) is 18.9 Å². The van der Waals surface area contributed by atoms with Crippen LogP contribution in [0.4, 0.5) is 10.1 Å². The Morgan fingerprint density at radius 1 is 1.57 bits per heavy atom. The van der Waals surface area contributed by atoms with E-state index in [1.807, 2.05) is 0 Å². The number of nitro benzene ring substituents is 1. The summed E-state index contributed by atoms with van der Waals surface area (Å²) in [5.41, 5.74) is 4.50. The molecule has 14 heavy (non-hydrogen) atoms. The molecular formula is C8H9FN2O3. The molecule has 0 bridgehead atoms. The highest BCUT2D eigenvalue weighted by Crippen LogP contribution is 2.29. The molecule has 0 amide bonds. The van der Waals surface area contributed by atoms with Crippen LogP contribution in [0.1, 0.15) is 0 Å². The lowest BCUT2D eigenvalue weighted by molar-refractivity contribution is -0.388. The summed E-state index contributed by atoms with van der Waals surface area (Å²) in [7, 11) is 0. The first-order valence-electron chi connectivity index (χ1n) is 3.92. The standard InChI is InChI=1S/C8H9FN2O3/c9-6-2-1-3-7(14-5-4-10)8(6)11(12)13/h1-3H,4-5,10H2. The molecule has 0 heterocycles. The maximum absolute atomic E-state index is 13.0. The quantitative estimate of drug-likeness (QED) is 0.582. The van der Waals surface area contributed by atoms with Crippen molar-refractivity contribution in [3.8, 4) is 5.75 Å². The Morgan fingerprint density at radius 3 is 2.86 bits per heavy atom. The molecule has 0 atom stereocenters. The smallest absolute Gasteiger partial charge is 0.346 e. The molecule has 0 aliphatic carbocycles. The summed E-state index contributed by atoms with van der Waals surface area (Å²) in [6.07, 6.45) is 0. The molecule has 5 nitrogen and oxygen atoms in total. The average molecular weight is 200 g/mol. The maximum Gasteiger partial charge on any atom is 0.346 e. The molecule has 0 radical (unpaired) electrons. The van der Waals surface area contributed by atoms with Crippen LogP contribution in [0.5, 0.6) is 5.75 Å². The molecule has 0 unspecified atom stereocenters. The number of hydrogen-bond acceptors (Lipinski definition) is 4. The first-order chi connectivity index (χ1) is 6.66. The summed E-state index contributed by atoms with van der Waals surface area (Å²) in [5, 5.41) is 10.5. The number of nitrogens with zero attached hydrogens (tertiary/aromatic N) is 1. The highest BCUT2D eigenvalue weighted by Gasteiger charge is 2.20. The minimum absolute atomic E-state index is 0.0968. The van der Waals surface area contributed by atoms with Gasteiger partial charge in [-0.25, -0.2) is 0 Å². The van der Waals surface area contributed by atoms with Gasteiger partial charge in [0.1, 0.15) is 6.61 Å². The minimum Gasteiger partial charge on any atom is -0.485 e. The molecule has 0 fully saturated rings. The van der Waals surface area contributed by atoms with Crippen molar-refractivity contribution in [3.05, 3.63) is 34.1 Å². The van der Waals surface area contributed by atoms with E-state index in [1.165, 1.54) is 12.1 Å². The van der Waals surface area contributed by atoms with E-state index in [1.54, 1.807) is 0 Å². The Balaban J connectivity index is 3.02. The van der Waals surface area contributed by atoms with Gasteiger partial charge in [0.05, 0.1) is 4.92 Å². The van der Waals surface area contributed by atoms with Gasteiger partial charge in [-0.15, -0.1) is 0 Å². The highest BCUT2D eigenvalue weighted by atomic mass is 19.1. The van der Waals surface area contributed by atoms with Crippen LogP contribution in [-0.4, -0.2) is 18.1 Å². The molecule has 0 aliphatic heterocycles. The van der Waals surface area contributed by atoms with Crippen molar-refractivity contribution in [1.29, 1.82) is 0 Å². The Hall–Kier alpha value is -1.69. The van der Waals surface area contributed by atoms with E-state index in [0.29, 0.717) is 0 Å². The number of halogens is 1. The number of rotatable bonds is 4. The van der Waals surface area contributed by atoms with E-state index in [0.717, 1.165) is 6.07 Å². The molecule has 1 aromatic rings. The van der Waals surface area contributed by atoms with Crippen molar-refractivity contribution >= 4 is 5.69 Å². The molecule has 1 aromatic carbocycles. The molecule has 0 saturated heterocycles. The van der Waals surface area contributed by atoms with Gasteiger partial charge >= 0.3 is 5.69 Å². The van der Waals surface area contributed by atoms with Crippen LogP contribution >= 0.6 is 0 Å². The zero-order valence-electron chi connectivity index (χ0n) is 7.27. The monoisotopic (exact) mass is 200 g/mol. The summed E-state index contributed by atoms with van der Waals surface area (Å²) in [6, 6.07) is 3.68. The van der Waals surface area contributed by atoms with Crippen molar-refractivity contribution in [1.82, 2.24) is 0 Å². The summed E-state index contributed by atoms with van der Waals surface area (Å²) in [5.74, 6) is -1.01. The third-order valence-electron chi connectivity index (χ3n) is 1.51. The zero-order valence-corrected chi connectivity index (χ0v) is 7.27. The predicted molar refractivity (Wildman–Crippen MR) is 47.6 cm³/mol. The van der Waals surface area contributed by atoms with Crippen molar-refractivity contribution < 1.29 is 14.1 Å². The van der Waals surface area contributed by atoms with Crippen LogP contribution < -0.4 is 10.5 Å². The van der Waals surface area contributed by atoms with Crippen molar-refractivity contribution in [2.75, 3.05) is 13.2 Å². The zero-order chi connectivity index (χ0) is 10.6. The second-order valence-corrected chi connectivity index (χ2v) is 2.48. The number of para-hydroxylation sites is 1. The molecule has 0 saturated carbocycles. The van der Waals surface area contributed by atoms with Gasteiger partial charge in [0.25, 0.3) is 0 Å². The SMILES string of the molecule is NCCOc1cccc(F)c1[N+](=O)[O-]. The summed E-state index contributed by atoms with van der Waals surface area (Å²) >= 11 is 0. The van der Waals surface area contributed by atoms with Gasteiger partial charge in [0.15, 0.2) is 5.75 Å². The topological polar surface area (TPSA) is 78.4 Å². The average Bonchev–Trinajstić information content (AvgIpc) is 2.14. The van der Waals surface area contributed by atoms with Gasteiger partial charge in [-0.3, -0.25) is 10.1 Å². The number of benzene rings is 1. The Labute approximate surface area is 79.4 Å². The normalized spacial score (nSPS) is 9.86. The molecule has 2 N–H and O–H groups in total. The van der Waals surface area contributed by atoms with E-state index in [4.69, 9.17) is 10.5 Å². The third kappa shape index (κ3) is 2.17. The van der Waals surface area contributed by atoms with E-state index >= 15 is 0 Å². The van der Waals surface area contributed by atoms with Crippen molar-refractivity contribution in [2.24, 2.45) is 5.73 Å². The van der Waals surface area contributed by atoms with Gasteiger partial charge in [-0.1, -0.05) is 6.07 Å². The number of ether oxygens (including phenoxy) is 1. The van der Waals surface area contributed by atoms with Gasteiger partial charge in [0, 0.05) is 6.54 Å². The van der Waals surface area contributed by atoms with Crippen LogP contribution in [-0.2, 0) is 0 Å². The van der Waals surface area contributed by atoms with Gasteiger partial charge in [-0.2, -0.15) is 4.39 Å². The summed E-state index contributed by atoms with van der Waals surface area (Å²) in [4.78, 5) is 9.64. The second kappa shape index (κ2) is 4.52. The van der Waals surface area contributed by atoms with Crippen molar-refractivity contribution in [3.63, 3.8) is 0 Å². The van der Waals surface area contributed by atoms with Crippen molar-refractivity contribution in [2.45, 2.75) is 0 Å². The fourth-order valence-corrected chi connectivity index (χ4v) is 0.958. The third-order valence-corrected chi connectivity index (χ3v) is 1.51. The van der Waals surface area contributed by atoms with E-state index in [9.17, 15) is 14.5 Å². The van der Waals surface area contributed by atoms with Crippen LogP contribution in [0.3, 0.4) is 0 Å². The summed E-state index contributed by atoms with van der Waals surface area (Å²) < 4.78 is 17.9. The molecule has 0 aliphatic rings. The van der Waals surface area contributed by atoms with Gasteiger partial charge in [-0.05, 0) is 12.1 Å². The second-order valence-electron chi connectivity index (χ2n) is 2.48. The largest absolute Gasteiger partial charge is 0.485 e. The Morgan fingerprint density at radius 2 is 2.29 bits per heavy atom. The fraction of sp³-hybridized carbons (Fsp3) is 0.250. The first kappa shape index (κ1) is 10.4. The van der Waals surface area contributed by atoms with Gasteiger partial charge < -0.3 is 10.5 Å². The lowest BCUT2D eigenvalue weighted by atomic mass is 10.3. The molecule has 76 valence electrons. The number of nitro groups is 1. The maximum atomic E-state index is 13.0. The number of hydrogen-bond donors (Lipinski definition) is 1. The Kier molecular flexibility index (Phi) is 3.35. The first-order valence-corrected chi connectivity index (χ1v) is 3.92. The predicted octanol–water partition coefficient (Wildman–Crippen LogP) is 1.07. The fourth-order valence-electron chi connectivity index (χ4n) is 0.958. The summed E-state index contributed by atoms with van der Waals surface area (Å²) in [6.45, 7) is 0.331. The lowest BCUT2D eigenvalue weighted by Gasteiger charge is -2.04. The van der Waals surface area contributed by atoms with Crippen LogP contribution in [0.15, 0.2) is 18.2 Å². The Bertz CT molecular complexity index is 343. The lowest BCUT2D eigenvalue weighted by Crippen LogP contribution is -2.11. The molecular weight excluding hydrogens is 191 g/mol. The van der Waals surface area contributed by atoms with Crippen LogP contribution in [0.2, 0.25) is 0 Å². The molecule has 0 aromatic heterocycles. The highest BCUT2D eigenvalue weighted by molar-refractivity contribution is 5.47. The van der Waals surface area contributed by atoms with E-state index < -0.39 is 16.4 Å². The van der Waals surface area contributed by atoms with Crippen LogP contribution in [0.25, 0.3) is 0 Å². The molecule has 0 spiro atoms. The minimum atomic E-state index is -0.912. The van der Waals surface area contributed by atoms with E-state index in [2.05, 4.69) is 0 Å². The van der Waals surface area contributed by atoms with Crippen LogP contribution in [0, 0.1) is 15.9 Å². The number of nitrogens with two attached hydrogens (primary N) is 1.